The summed E-state index contributed by atoms with van der Waals surface area (Å²) in [6, 6.07) is 17.5. The number of halogens is 1. The maximum atomic E-state index is 13.4. The van der Waals surface area contributed by atoms with Gasteiger partial charge >= 0.3 is 0 Å². The summed E-state index contributed by atoms with van der Waals surface area (Å²) in [6.45, 7) is 6.23. The number of allylic oxidation sites excluding steroid dienone is 1. The summed E-state index contributed by atoms with van der Waals surface area (Å²) >= 11 is 6.92. The number of carbonyl (C=O) groups excluding carboxylic acids is 1. The van der Waals surface area contributed by atoms with Crippen LogP contribution in [0.3, 0.4) is 0 Å². The molecule has 0 fully saturated rings. The Labute approximate surface area is 187 Å². The molecule has 1 aromatic heterocycles. The lowest BCUT2D eigenvalue weighted by molar-refractivity contribution is -0.118. The first-order chi connectivity index (χ1) is 14.8. The number of nitrogens with one attached hydrogen (secondary N) is 2. The summed E-state index contributed by atoms with van der Waals surface area (Å²) in [4.78, 5) is 13.4. The van der Waals surface area contributed by atoms with Crippen LogP contribution >= 0.6 is 11.6 Å². The SMILES string of the molecule is Cc1nn(-c2ccccc2)c(Cl)c1C1Nc2ccccc2NC2=C1C(=O)CC(C)(C)C2. The number of nitrogens with zero attached hydrogens (tertiary/aromatic N) is 2. The molecule has 2 heterocycles. The van der Waals surface area contributed by atoms with Crippen LogP contribution in [0, 0.1) is 12.3 Å². The van der Waals surface area contributed by atoms with Crippen LogP contribution in [-0.2, 0) is 4.79 Å². The molecule has 6 heteroatoms. The van der Waals surface area contributed by atoms with Crippen molar-refractivity contribution in [1.82, 2.24) is 9.78 Å². The molecule has 5 nitrogen and oxygen atoms in total. The molecule has 0 saturated heterocycles. The molecule has 2 aromatic carbocycles. The lowest BCUT2D eigenvalue weighted by Gasteiger charge is -2.34. The molecule has 0 bridgehead atoms. The van der Waals surface area contributed by atoms with Gasteiger partial charge in [0.15, 0.2) is 5.78 Å². The van der Waals surface area contributed by atoms with Crippen LogP contribution in [0.4, 0.5) is 11.4 Å². The van der Waals surface area contributed by atoms with Crippen LogP contribution in [0.25, 0.3) is 5.69 Å². The molecule has 31 heavy (non-hydrogen) atoms. The maximum absolute atomic E-state index is 13.4. The molecule has 2 N–H and O–H groups in total. The topological polar surface area (TPSA) is 59.0 Å². The Morgan fingerprint density at radius 1 is 1.03 bits per heavy atom. The fourth-order valence-corrected chi connectivity index (χ4v) is 5.07. The number of carbonyl (C=O) groups is 1. The number of aryl methyl sites for hydroxylation is 1. The molecule has 0 radical (unpaired) electrons. The fraction of sp³-hybridized carbons (Fsp3) is 0.280. The molecule has 0 spiro atoms. The lowest BCUT2D eigenvalue weighted by atomic mass is 9.73. The molecule has 1 unspecified atom stereocenters. The van der Waals surface area contributed by atoms with Gasteiger partial charge in [-0.1, -0.05) is 55.8 Å². The van der Waals surface area contributed by atoms with Crippen molar-refractivity contribution in [3.63, 3.8) is 0 Å². The second-order valence-electron chi connectivity index (χ2n) is 9.12. The third kappa shape index (κ3) is 3.43. The van der Waals surface area contributed by atoms with Gasteiger partial charge < -0.3 is 10.6 Å². The van der Waals surface area contributed by atoms with Crippen LogP contribution in [0.2, 0.25) is 5.15 Å². The van der Waals surface area contributed by atoms with E-state index in [1.54, 1.807) is 4.68 Å². The van der Waals surface area contributed by atoms with E-state index in [4.69, 9.17) is 16.7 Å². The molecule has 1 aliphatic heterocycles. The van der Waals surface area contributed by atoms with Gasteiger partial charge in [-0.05, 0) is 43.0 Å². The number of benzene rings is 2. The van der Waals surface area contributed by atoms with Gasteiger partial charge in [0.05, 0.1) is 28.8 Å². The predicted molar refractivity (Wildman–Crippen MR) is 125 cm³/mol. The summed E-state index contributed by atoms with van der Waals surface area (Å²) in [5, 5.41) is 12.4. The largest absolute Gasteiger partial charge is 0.372 e. The van der Waals surface area contributed by atoms with E-state index in [2.05, 4.69) is 24.5 Å². The van der Waals surface area contributed by atoms with Crippen molar-refractivity contribution in [3.8, 4) is 5.69 Å². The number of ketones is 1. The minimum absolute atomic E-state index is 0.0974. The van der Waals surface area contributed by atoms with Crippen molar-refractivity contribution in [2.75, 3.05) is 10.6 Å². The van der Waals surface area contributed by atoms with Gasteiger partial charge in [0.25, 0.3) is 0 Å². The molecule has 3 aromatic rings. The number of hydrogen-bond donors (Lipinski definition) is 2. The second kappa shape index (κ2) is 7.27. The van der Waals surface area contributed by atoms with Crippen LogP contribution in [-0.4, -0.2) is 15.6 Å². The van der Waals surface area contributed by atoms with Crippen LogP contribution in [0.1, 0.15) is 44.0 Å². The first-order valence-corrected chi connectivity index (χ1v) is 10.9. The van der Waals surface area contributed by atoms with E-state index < -0.39 is 0 Å². The number of rotatable bonds is 2. The predicted octanol–water partition coefficient (Wildman–Crippen LogP) is 6.06. The molecule has 5 rings (SSSR count). The summed E-state index contributed by atoms with van der Waals surface area (Å²) in [5.41, 5.74) is 6.06. The number of hydrogen-bond acceptors (Lipinski definition) is 4. The highest BCUT2D eigenvalue weighted by molar-refractivity contribution is 6.31. The average Bonchev–Trinajstić information content (AvgIpc) is 2.92. The zero-order valence-corrected chi connectivity index (χ0v) is 18.6. The zero-order valence-electron chi connectivity index (χ0n) is 17.9. The summed E-state index contributed by atoms with van der Waals surface area (Å²) < 4.78 is 1.75. The normalized spacial score (nSPS) is 19.7. The Hall–Kier alpha value is -3.05. The molecule has 0 amide bonds. The summed E-state index contributed by atoms with van der Waals surface area (Å²) in [6.07, 6.45) is 1.30. The van der Waals surface area contributed by atoms with Crippen LogP contribution in [0.15, 0.2) is 65.9 Å². The molecule has 0 saturated carbocycles. The standard InChI is InChI=1S/C25H25ClN4O/c1-15-21(24(26)30(29-15)16-9-5-4-6-10-16)23-22-19(13-25(2,3)14-20(22)31)27-17-11-7-8-12-18(17)28-23/h4-12,23,27-28H,13-14H2,1-3H3. The van der Waals surface area contributed by atoms with E-state index in [1.165, 1.54) is 0 Å². The molecular weight excluding hydrogens is 408 g/mol. The van der Waals surface area contributed by atoms with Gasteiger partial charge in [0.1, 0.15) is 5.15 Å². The van der Waals surface area contributed by atoms with Gasteiger partial charge in [-0.3, -0.25) is 4.79 Å². The lowest BCUT2D eigenvalue weighted by Crippen LogP contribution is -2.31. The van der Waals surface area contributed by atoms with E-state index in [-0.39, 0.29) is 17.2 Å². The number of anilines is 2. The number of Topliss-reactive ketones (excluding diaryl/α,β-unsaturated/α-hetero) is 1. The van der Waals surface area contributed by atoms with Gasteiger partial charge in [-0.15, -0.1) is 0 Å². The van der Waals surface area contributed by atoms with Gasteiger partial charge in [-0.2, -0.15) is 5.10 Å². The zero-order chi connectivity index (χ0) is 21.8. The number of para-hydroxylation sites is 3. The van der Waals surface area contributed by atoms with Crippen LogP contribution < -0.4 is 10.6 Å². The van der Waals surface area contributed by atoms with Crippen molar-refractivity contribution in [2.24, 2.45) is 5.41 Å². The monoisotopic (exact) mass is 432 g/mol. The minimum Gasteiger partial charge on any atom is -0.372 e. The van der Waals surface area contributed by atoms with Crippen molar-refractivity contribution >= 4 is 28.8 Å². The van der Waals surface area contributed by atoms with E-state index in [0.29, 0.717) is 11.6 Å². The quantitative estimate of drug-likeness (QED) is 0.517. The molecular formula is C25H25ClN4O. The average molecular weight is 433 g/mol. The van der Waals surface area contributed by atoms with Gasteiger partial charge in [0, 0.05) is 23.3 Å². The van der Waals surface area contributed by atoms with Crippen molar-refractivity contribution < 1.29 is 4.79 Å². The van der Waals surface area contributed by atoms with Gasteiger partial charge in [-0.25, -0.2) is 4.68 Å². The number of fused-ring (bicyclic) bond motifs is 1. The minimum atomic E-state index is -0.375. The smallest absolute Gasteiger partial charge is 0.163 e. The highest BCUT2D eigenvalue weighted by Gasteiger charge is 2.40. The van der Waals surface area contributed by atoms with E-state index in [1.807, 2.05) is 61.5 Å². The Kier molecular flexibility index (Phi) is 4.67. The third-order valence-corrected chi connectivity index (χ3v) is 6.42. The molecule has 1 aliphatic carbocycles. The van der Waals surface area contributed by atoms with Gasteiger partial charge in [0.2, 0.25) is 0 Å². The third-order valence-electron chi connectivity index (χ3n) is 6.06. The first-order valence-electron chi connectivity index (χ1n) is 10.5. The van der Waals surface area contributed by atoms with Crippen molar-refractivity contribution in [2.45, 2.75) is 39.7 Å². The van der Waals surface area contributed by atoms with E-state index in [0.717, 1.165) is 46.0 Å². The highest BCUT2D eigenvalue weighted by atomic mass is 35.5. The Bertz CT molecular complexity index is 1210. The Balaban J connectivity index is 1.71. The van der Waals surface area contributed by atoms with Crippen molar-refractivity contribution in [1.29, 1.82) is 0 Å². The summed E-state index contributed by atoms with van der Waals surface area (Å²) in [7, 11) is 0. The fourth-order valence-electron chi connectivity index (χ4n) is 4.69. The second-order valence-corrected chi connectivity index (χ2v) is 9.48. The molecule has 158 valence electrons. The number of aromatic nitrogens is 2. The summed E-state index contributed by atoms with van der Waals surface area (Å²) in [5.74, 6) is 0.145. The Morgan fingerprint density at radius 2 is 1.71 bits per heavy atom. The van der Waals surface area contributed by atoms with Crippen molar-refractivity contribution in [3.05, 3.63) is 82.3 Å². The first kappa shape index (κ1) is 19.9. The van der Waals surface area contributed by atoms with E-state index >= 15 is 0 Å². The van der Waals surface area contributed by atoms with E-state index in [9.17, 15) is 4.79 Å². The highest BCUT2D eigenvalue weighted by Crippen LogP contribution is 2.47. The maximum Gasteiger partial charge on any atom is 0.163 e. The Morgan fingerprint density at radius 3 is 2.45 bits per heavy atom. The van der Waals surface area contributed by atoms with Crippen LogP contribution in [0.5, 0.6) is 0 Å². The molecule has 2 aliphatic rings. The molecule has 1 atom stereocenters.